The Morgan fingerprint density at radius 1 is 0.720 bits per heavy atom. The van der Waals surface area contributed by atoms with Gasteiger partial charge >= 0.3 is 0 Å². The second-order valence-corrected chi connectivity index (χ2v) is 6.17. The molecule has 3 aromatic carbocycles. The van der Waals surface area contributed by atoms with Gasteiger partial charge in [-0.25, -0.2) is 4.39 Å². The number of para-hydroxylation sites is 1. The van der Waals surface area contributed by atoms with Crippen LogP contribution in [0.1, 0.15) is 0 Å². The number of anilines is 2. The van der Waals surface area contributed by atoms with Gasteiger partial charge in [-0.1, -0.05) is 42.5 Å². The van der Waals surface area contributed by atoms with E-state index in [0.29, 0.717) is 43.1 Å². The van der Waals surface area contributed by atoms with Crippen LogP contribution in [0, 0.1) is 5.82 Å². The molecule has 1 aliphatic heterocycles. The van der Waals surface area contributed by atoms with Gasteiger partial charge in [0.05, 0.1) is 11.3 Å². The van der Waals surface area contributed by atoms with Crippen LogP contribution in [0.5, 0.6) is 0 Å². The van der Waals surface area contributed by atoms with Crippen LogP contribution in [0.4, 0.5) is 15.8 Å². The first-order chi connectivity index (χ1) is 12.2. The zero-order chi connectivity index (χ0) is 17.4. The average Bonchev–Trinajstić information content (AvgIpc) is 2.66. The zero-order valence-electron chi connectivity index (χ0n) is 13.6. The van der Waals surface area contributed by atoms with Crippen molar-refractivity contribution in [1.29, 1.82) is 0 Å². The van der Waals surface area contributed by atoms with Crippen LogP contribution in [-0.4, -0.2) is 26.2 Å². The minimum atomic E-state index is -0.419. The van der Waals surface area contributed by atoms with Crippen LogP contribution < -0.4 is 20.7 Å². The lowest BCUT2D eigenvalue weighted by molar-refractivity contribution is 0.597. The summed E-state index contributed by atoms with van der Waals surface area (Å²) in [4.78, 5) is 28.1. The largest absolute Gasteiger partial charge is 0.366 e. The molecule has 0 bridgehead atoms. The third-order valence-corrected chi connectivity index (χ3v) is 4.74. The molecule has 25 heavy (non-hydrogen) atoms. The van der Waals surface area contributed by atoms with Gasteiger partial charge in [0, 0.05) is 26.2 Å². The highest BCUT2D eigenvalue weighted by Gasteiger charge is 2.29. The molecule has 0 aliphatic carbocycles. The fourth-order valence-corrected chi connectivity index (χ4v) is 3.43. The Labute approximate surface area is 144 Å². The minimum Gasteiger partial charge on any atom is -0.366 e. The van der Waals surface area contributed by atoms with Crippen molar-refractivity contribution >= 4 is 11.4 Å². The van der Waals surface area contributed by atoms with E-state index in [9.17, 15) is 14.0 Å². The van der Waals surface area contributed by atoms with E-state index in [1.54, 1.807) is 12.1 Å². The normalized spacial score (nSPS) is 14.9. The first-order valence-corrected chi connectivity index (χ1v) is 8.30. The van der Waals surface area contributed by atoms with Crippen molar-refractivity contribution < 1.29 is 4.39 Å². The molecule has 0 N–H and O–H groups in total. The van der Waals surface area contributed by atoms with Crippen molar-refractivity contribution in [2.45, 2.75) is 0 Å². The van der Waals surface area contributed by atoms with Gasteiger partial charge in [-0.2, -0.15) is 0 Å². The molecule has 1 aliphatic rings. The van der Waals surface area contributed by atoms with Crippen LogP contribution >= 0.6 is 0 Å². The van der Waals surface area contributed by atoms with Crippen molar-refractivity contribution in [2.75, 3.05) is 36.0 Å². The maximum absolute atomic E-state index is 13.9. The van der Waals surface area contributed by atoms with E-state index in [-0.39, 0.29) is 5.82 Å². The van der Waals surface area contributed by atoms with E-state index < -0.39 is 10.9 Å². The Morgan fingerprint density at radius 2 is 1.32 bits per heavy atom. The maximum Gasteiger partial charge on any atom is 0.250 e. The molecule has 1 heterocycles. The molecule has 0 radical (unpaired) electrons. The molecule has 0 amide bonds. The fraction of sp³-hybridized carbons (Fsp3) is 0.200. The third kappa shape index (κ3) is 2.61. The smallest absolute Gasteiger partial charge is 0.250 e. The number of hydrogen-bond donors (Lipinski definition) is 0. The lowest BCUT2D eigenvalue weighted by Gasteiger charge is -2.38. The van der Waals surface area contributed by atoms with E-state index in [1.165, 1.54) is 6.07 Å². The molecule has 0 atom stereocenters. The first kappa shape index (κ1) is 15.6. The SMILES string of the molecule is O=c1c(-c2ccccc2)c(N2CCN(c3ccccc3F)CC2)c1=O. The van der Waals surface area contributed by atoms with Crippen LogP contribution in [0.3, 0.4) is 0 Å². The van der Waals surface area contributed by atoms with Crippen molar-refractivity contribution in [3.63, 3.8) is 0 Å². The molecule has 5 heteroatoms. The zero-order valence-corrected chi connectivity index (χ0v) is 13.6. The third-order valence-electron chi connectivity index (χ3n) is 4.74. The Morgan fingerprint density at radius 3 is 2.00 bits per heavy atom. The Kier molecular flexibility index (Phi) is 3.84. The van der Waals surface area contributed by atoms with Gasteiger partial charge in [0.2, 0.25) is 10.9 Å². The van der Waals surface area contributed by atoms with E-state index in [1.807, 2.05) is 46.2 Å². The molecular weight excluding hydrogens is 319 g/mol. The van der Waals surface area contributed by atoms with E-state index in [2.05, 4.69) is 0 Å². The van der Waals surface area contributed by atoms with Gasteiger partial charge < -0.3 is 9.80 Å². The molecule has 4 nitrogen and oxygen atoms in total. The van der Waals surface area contributed by atoms with E-state index >= 15 is 0 Å². The summed E-state index contributed by atoms with van der Waals surface area (Å²) < 4.78 is 13.9. The molecule has 0 unspecified atom stereocenters. The highest BCUT2D eigenvalue weighted by molar-refractivity contribution is 5.82. The number of hydrogen-bond acceptors (Lipinski definition) is 4. The second-order valence-electron chi connectivity index (χ2n) is 6.17. The van der Waals surface area contributed by atoms with Crippen molar-refractivity contribution in [3.8, 4) is 11.1 Å². The molecule has 1 fully saturated rings. The van der Waals surface area contributed by atoms with Crippen molar-refractivity contribution in [1.82, 2.24) is 0 Å². The Hall–Kier alpha value is -2.95. The summed E-state index contributed by atoms with van der Waals surface area (Å²) >= 11 is 0. The van der Waals surface area contributed by atoms with Gasteiger partial charge in [-0.3, -0.25) is 9.59 Å². The molecule has 3 aromatic rings. The lowest BCUT2D eigenvalue weighted by Crippen LogP contribution is -2.51. The fourth-order valence-electron chi connectivity index (χ4n) is 3.43. The number of benzene rings is 2. The highest BCUT2D eigenvalue weighted by atomic mass is 19.1. The molecule has 1 saturated heterocycles. The summed E-state index contributed by atoms with van der Waals surface area (Å²) in [6.45, 7) is 2.37. The Bertz CT molecular complexity index is 969. The van der Waals surface area contributed by atoms with Gasteiger partial charge in [-0.15, -0.1) is 0 Å². The second kappa shape index (κ2) is 6.16. The van der Waals surface area contributed by atoms with Crippen LogP contribution in [-0.2, 0) is 0 Å². The molecule has 0 spiro atoms. The molecule has 0 saturated carbocycles. The summed E-state index contributed by atoms with van der Waals surface area (Å²) in [6, 6.07) is 16.0. The molecular formula is C20H17FN2O2. The van der Waals surface area contributed by atoms with Crippen LogP contribution in [0.15, 0.2) is 64.2 Å². The Balaban J connectivity index is 1.57. The van der Waals surface area contributed by atoms with Crippen molar-refractivity contribution in [2.24, 2.45) is 0 Å². The monoisotopic (exact) mass is 336 g/mol. The summed E-state index contributed by atoms with van der Waals surface area (Å²) in [5.74, 6) is -0.241. The first-order valence-electron chi connectivity index (χ1n) is 8.30. The predicted molar refractivity (Wildman–Crippen MR) is 97.6 cm³/mol. The molecule has 126 valence electrons. The van der Waals surface area contributed by atoms with Crippen LogP contribution in [0.2, 0.25) is 0 Å². The van der Waals surface area contributed by atoms with Gasteiger partial charge in [-0.05, 0) is 17.7 Å². The number of halogens is 1. The van der Waals surface area contributed by atoms with Gasteiger partial charge in [0.1, 0.15) is 11.5 Å². The topological polar surface area (TPSA) is 40.6 Å². The quantitative estimate of drug-likeness (QED) is 0.689. The van der Waals surface area contributed by atoms with Crippen LogP contribution in [0.25, 0.3) is 11.1 Å². The number of piperazine rings is 1. The van der Waals surface area contributed by atoms with E-state index in [0.717, 1.165) is 5.56 Å². The van der Waals surface area contributed by atoms with Gasteiger partial charge in [0.25, 0.3) is 0 Å². The lowest BCUT2D eigenvalue weighted by atomic mass is 9.97. The summed E-state index contributed by atoms with van der Waals surface area (Å²) in [5, 5.41) is 0. The highest BCUT2D eigenvalue weighted by Crippen LogP contribution is 2.28. The molecule has 0 aromatic heterocycles. The summed E-state index contributed by atoms with van der Waals surface area (Å²) in [6.07, 6.45) is 0. The minimum absolute atomic E-state index is 0.241. The average molecular weight is 336 g/mol. The molecule has 4 rings (SSSR count). The number of nitrogens with zero attached hydrogens (tertiary/aromatic N) is 2. The standard InChI is InChI=1S/C20H17FN2O2/c21-15-8-4-5-9-16(15)22-10-12-23(13-11-22)18-17(19(24)20(18)25)14-6-2-1-3-7-14/h1-9H,10-13H2. The summed E-state index contributed by atoms with van der Waals surface area (Å²) in [7, 11) is 0. The number of rotatable bonds is 3. The predicted octanol–water partition coefficient (Wildman–Crippen LogP) is 2.42. The van der Waals surface area contributed by atoms with Gasteiger partial charge in [0.15, 0.2) is 0 Å². The van der Waals surface area contributed by atoms with Crippen molar-refractivity contribution in [3.05, 3.63) is 80.9 Å². The van der Waals surface area contributed by atoms with E-state index in [4.69, 9.17) is 0 Å². The summed E-state index contributed by atoms with van der Waals surface area (Å²) in [5.41, 5.74) is 1.53. The maximum atomic E-state index is 13.9.